The van der Waals surface area contributed by atoms with E-state index in [9.17, 15) is 29.4 Å². The average molecular weight is 585 g/mol. The molecular formula is C34H48O8. The van der Waals surface area contributed by atoms with E-state index in [4.69, 9.17) is 9.47 Å². The molecule has 2 unspecified atom stereocenters. The maximum absolute atomic E-state index is 13.7. The number of Topliss-reactive ketones (excluding diaryl/α,β-unsaturated/α-hetero) is 1. The van der Waals surface area contributed by atoms with E-state index in [-0.39, 0.29) is 44.9 Å². The number of ether oxygens (including phenoxy) is 2. The molecule has 5 aliphatic rings. The first-order chi connectivity index (χ1) is 19.5. The van der Waals surface area contributed by atoms with Crippen molar-refractivity contribution in [1.82, 2.24) is 0 Å². The molecule has 0 aromatic carbocycles. The molecule has 13 atom stereocenters. The van der Waals surface area contributed by atoms with E-state index < -0.39 is 48.1 Å². The lowest BCUT2D eigenvalue weighted by molar-refractivity contribution is -0.172. The number of ketones is 2. The van der Waals surface area contributed by atoms with E-state index >= 15 is 0 Å². The predicted molar refractivity (Wildman–Crippen MR) is 155 cm³/mol. The van der Waals surface area contributed by atoms with Gasteiger partial charge >= 0.3 is 11.9 Å². The topological polar surface area (TPSA) is 127 Å². The lowest BCUT2D eigenvalue weighted by Gasteiger charge is -2.61. The van der Waals surface area contributed by atoms with Crippen LogP contribution < -0.4 is 0 Å². The average Bonchev–Trinajstić information content (AvgIpc) is 3.52. The van der Waals surface area contributed by atoms with Crippen LogP contribution >= 0.6 is 0 Å². The third-order valence-corrected chi connectivity index (χ3v) is 13.2. The quantitative estimate of drug-likeness (QED) is 0.217. The number of rotatable bonds is 9. The molecule has 232 valence electrons. The summed E-state index contributed by atoms with van der Waals surface area (Å²) in [6, 6.07) is 0. The number of esters is 1. The number of carboxylic acids is 1. The number of fused-ring (bicyclic) bond motifs is 2. The zero-order valence-electron chi connectivity index (χ0n) is 26.1. The fourth-order valence-electron chi connectivity index (χ4n) is 11.0. The van der Waals surface area contributed by atoms with Crippen LogP contribution in [0.15, 0.2) is 24.3 Å². The number of aliphatic hydroxyl groups is 1. The normalized spacial score (nSPS) is 44.4. The van der Waals surface area contributed by atoms with Gasteiger partial charge in [0, 0.05) is 24.3 Å². The van der Waals surface area contributed by atoms with Crippen molar-refractivity contribution in [3.05, 3.63) is 24.3 Å². The molecule has 8 nitrogen and oxygen atoms in total. The van der Waals surface area contributed by atoms with Gasteiger partial charge in [0.1, 0.15) is 0 Å². The monoisotopic (exact) mass is 584 g/mol. The molecule has 2 spiro atoms. The van der Waals surface area contributed by atoms with Gasteiger partial charge in [0.05, 0.1) is 12.0 Å². The molecule has 0 aliphatic heterocycles. The molecular weight excluding hydrogens is 536 g/mol. The first-order valence-electron chi connectivity index (χ1n) is 15.7. The Balaban J connectivity index is 1.54. The van der Waals surface area contributed by atoms with E-state index in [1.54, 1.807) is 6.92 Å². The summed E-state index contributed by atoms with van der Waals surface area (Å²) in [5.41, 5.74) is -0.422. The highest BCUT2D eigenvalue weighted by Crippen LogP contribution is 2.87. The van der Waals surface area contributed by atoms with Crippen molar-refractivity contribution in [3.63, 3.8) is 0 Å². The minimum atomic E-state index is -1.21. The molecule has 4 saturated carbocycles. The van der Waals surface area contributed by atoms with Crippen LogP contribution in [0.1, 0.15) is 87.0 Å². The summed E-state index contributed by atoms with van der Waals surface area (Å²) in [6.45, 7) is 16.6. The van der Waals surface area contributed by atoms with Crippen molar-refractivity contribution in [2.24, 2.45) is 57.2 Å². The molecule has 0 radical (unpaired) electrons. The second kappa shape index (κ2) is 10.1. The summed E-state index contributed by atoms with van der Waals surface area (Å²) in [5, 5.41) is 20.0. The van der Waals surface area contributed by atoms with Crippen molar-refractivity contribution in [2.75, 3.05) is 0 Å². The van der Waals surface area contributed by atoms with Crippen molar-refractivity contribution < 1.29 is 38.9 Å². The zero-order chi connectivity index (χ0) is 31.2. The van der Waals surface area contributed by atoms with Crippen LogP contribution in [0.25, 0.3) is 0 Å². The summed E-state index contributed by atoms with van der Waals surface area (Å²) in [7, 11) is 0. The Hall–Kier alpha value is -2.32. The number of carboxylic acid groups (broad SMARTS) is 1. The van der Waals surface area contributed by atoms with Crippen LogP contribution in [0.3, 0.4) is 0 Å². The van der Waals surface area contributed by atoms with E-state index in [0.29, 0.717) is 18.3 Å². The van der Waals surface area contributed by atoms with Gasteiger partial charge in [-0.2, -0.15) is 0 Å². The highest BCUT2D eigenvalue weighted by atomic mass is 16.6. The van der Waals surface area contributed by atoms with E-state index in [1.165, 1.54) is 13.8 Å². The SMILES string of the molecule is C=C(C(=O)[C@H](OC(C)=O)[C@@H](C)[C@H]1[C@@H](OC(C)O)C[C@@]2(C)[C@@H]3CC[C@H]4[C@H](C)C(=O)C=C[C@@]45C[C@@]35CC[C@]12C)C(C)C(=O)O. The molecule has 0 aromatic heterocycles. The maximum atomic E-state index is 13.7. The Bertz CT molecular complexity index is 1240. The molecule has 0 saturated heterocycles. The Labute approximate surface area is 249 Å². The van der Waals surface area contributed by atoms with Crippen LogP contribution in [0.4, 0.5) is 0 Å². The van der Waals surface area contributed by atoms with Gasteiger partial charge in [0.2, 0.25) is 0 Å². The molecule has 0 aromatic rings. The first-order valence-corrected chi connectivity index (χ1v) is 15.7. The highest BCUT2D eigenvalue weighted by Gasteiger charge is 2.81. The van der Waals surface area contributed by atoms with Crippen LogP contribution in [-0.2, 0) is 28.7 Å². The van der Waals surface area contributed by atoms with Gasteiger partial charge in [0.15, 0.2) is 24.0 Å². The number of hydrogen-bond acceptors (Lipinski definition) is 7. The number of carbonyl (C=O) groups is 4. The first kappa shape index (κ1) is 31.1. The van der Waals surface area contributed by atoms with E-state index in [2.05, 4.69) is 33.4 Å². The van der Waals surface area contributed by atoms with Crippen LogP contribution in [-0.4, -0.2) is 52.2 Å². The van der Waals surface area contributed by atoms with Gasteiger partial charge in [0.25, 0.3) is 0 Å². The van der Waals surface area contributed by atoms with Gasteiger partial charge in [-0.05, 0) is 97.9 Å². The molecule has 5 rings (SSSR count). The molecule has 2 N–H and O–H groups in total. The van der Waals surface area contributed by atoms with E-state index in [1.807, 2.05) is 13.0 Å². The highest BCUT2D eigenvalue weighted by molar-refractivity contribution is 6.03. The molecule has 42 heavy (non-hydrogen) atoms. The molecule has 0 amide bonds. The largest absolute Gasteiger partial charge is 0.481 e. The Kier molecular flexibility index (Phi) is 7.49. The summed E-state index contributed by atoms with van der Waals surface area (Å²) in [5.74, 6) is -3.23. The van der Waals surface area contributed by atoms with Crippen LogP contribution in [0, 0.1) is 57.2 Å². The molecule has 8 heteroatoms. The van der Waals surface area contributed by atoms with Gasteiger partial charge in [-0.25, -0.2) is 0 Å². The van der Waals surface area contributed by atoms with Crippen LogP contribution in [0.5, 0.6) is 0 Å². The summed E-state index contributed by atoms with van der Waals surface area (Å²) in [4.78, 5) is 50.3. The summed E-state index contributed by atoms with van der Waals surface area (Å²) >= 11 is 0. The molecule has 5 aliphatic carbocycles. The molecule has 4 fully saturated rings. The number of hydrogen-bond donors (Lipinski definition) is 2. The second-order valence-electron chi connectivity index (χ2n) is 14.8. The fraction of sp³-hybridized carbons (Fsp3) is 0.765. The lowest BCUT2D eigenvalue weighted by Crippen LogP contribution is -2.56. The lowest BCUT2D eigenvalue weighted by atomic mass is 9.43. The Morgan fingerprint density at radius 1 is 1.10 bits per heavy atom. The minimum absolute atomic E-state index is 0.0379. The zero-order valence-corrected chi connectivity index (χ0v) is 26.1. The summed E-state index contributed by atoms with van der Waals surface area (Å²) in [6.07, 6.45) is 7.13. The molecule has 0 bridgehead atoms. The predicted octanol–water partition coefficient (Wildman–Crippen LogP) is 5.13. The van der Waals surface area contributed by atoms with Crippen molar-refractivity contribution in [2.45, 2.75) is 105 Å². The maximum Gasteiger partial charge on any atom is 0.310 e. The third kappa shape index (κ3) is 4.14. The third-order valence-electron chi connectivity index (χ3n) is 13.2. The number of aliphatic carboxylic acids is 1. The summed E-state index contributed by atoms with van der Waals surface area (Å²) < 4.78 is 11.9. The standard InChI is InChI=1S/C34H48O8/c1-17(18(2)30(39)40)28(38)29(42-22(6)36)20(4)27-25(41-21(5)35)15-32(8)26-10-9-23-19(3)24(37)11-12-33(23)16-34(26,33)14-13-31(27,32)7/h11-12,18-21,23,25-27,29,35H,1,9-10,13-16H2,2-8H3,(H,39,40)/t18?,19-,20-,21?,23-,25-,26-,27-,29+,31+,32-,33+,34-/m0/s1. The Morgan fingerprint density at radius 2 is 1.76 bits per heavy atom. The number of allylic oxidation sites excluding steroid dienone is 2. The van der Waals surface area contributed by atoms with Gasteiger partial charge in [-0.1, -0.05) is 40.3 Å². The van der Waals surface area contributed by atoms with Crippen molar-refractivity contribution in [3.8, 4) is 0 Å². The van der Waals surface area contributed by atoms with Crippen molar-refractivity contribution >= 4 is 23.5 Å². The second-order valence-corrected chi connectivity index (χ2v) is 14.8. The van der Waals surface area contributed by atoms with E-state index in [0.717, 1.165) is 32.1 Å². The fourth-order valence-corrected chi connectivity index (χ4v) is 11.0. The number of aliphatic hydroxyl groups excluding tert-OH is 1. The van der Waals surface area contributed by atoms with Gasteiger partial charge in [-0.3, -0.25) is 19.2 Å². The number of carbonyl (C=O) groups excluding carboxylic acids is 3. The van der Waals surface area contributed by atoms with Crippen molar-refractivity contribution in [1.29, 1.82) is 0 Å². The minimum Gasteiger partial charge on any atom is -0.481 e. The van der Waals surface area contributed by atoms with Gasteiger partial charge in [-0.15, -0.1) is 0 Å². The Morgan fingerprint density at radius 3 is 2.36 bits per heavy atom. The van der Waals surface area contributed by atoms with Gasteiger partial charge < -0.3 is 19.7 Å². The van der Waals surface area contributed by atoms with Crippen LogP contribution in [0.2, 0.25) is 0 Å². The smallest absolute Gasteiger partial charge is 0.310 e. The molecule has 0 heterocycles.